The molecule has 0 atom stereocenters. The molecule has 1 aromatic rings. The minimum Gasteiger partial charge on any atom is -0.368 e. The van der Waals surface area contributed by atoms with Crippen molar-refractivity contribution in [2.24, 2.45) is 0 Å². The molecule has 3 N–H and O–H groups in total. The first-order valence-corrected chi connectivity index (χ1v) is 8.37. The number of anilines is 1. The highest BCUT2D eigenvalue weighted by Gasteiger charge is 2.39. The maximum atomic E-state index is 12.7. The third-order valence-electron chi connectivity index (χ3n) is 4.38. The Labute approximate surface area is 155 Å². The van der Waals surface area contributed by atoms with Gasteiger partial charge >= 0.3 is 0 Å². The van der Waals surface area contributed by atoms with Crippen LogP contribution in [-0.2, 0) is 9.53 Å². The second-order valence-electron chi connectivity index (χ2n) is 6.56. The van der Waals surface area contributed by atoms with Crippen molar-refractivity contribution in [3.05, 3.63) is 29.3 Å². The number of piperidine rings is 1. The first-order chi connectivity index (χ1) is 11.4. The molecule has 1 aromatic carbocycles. The number of nitrogens with one attached hydrogen (secondary N) is 3. The molecule has 0 saturated carbocycles. The standard InChI is InChI=1S/C18H27N3O3.ClH/c1-12(2)20-16(22)15-11-14(6-5-13(15)3)21-17(23)18(24-4)7-9-19-10-8-18;/h5-6,11-12,19H,7-10H2,1-4H3,(H,20,22)(H,21,23);1H. The molecule has 0 bridgehead atoms. The smallest absolute Gasteiger partial charge is 0.256 e. The predicted molar refractivity (Wildman–Crippen MR) is 102 cm³/mol. The van der Waals surface area contributed by atoms with Crippen LogP contribution in [0.3, 0.4) is 0 Å². The van der Waals surface area contributed by atoms with Crippen molar-refractivity contribution in [1.82, 2.24) is 10.6 Å². The van der Waals surface area contributed by atoms with E-state index >= 15 is 0 Å². The van der Waals surface area contributed by atoms with Gasteiger partial charge in [0.15, 0.2) is 0 Å². The van der Waals surface area contributed by atoms with E-state index in [0.717, 1.165) is 18.7 Å². The van der Waals surface area contributed by atoms with Crippen LogP contribution in [0.25, 0.3) is 0 Å². The summed E-state index contributed by atoms with van der Waals surface area (Å²) in [7, 11) is 1.57. The van der Waals surface area contributed by atoms with E-state index in [-0.39, 0.29) is 30.3 Å². The number of carbonyl (C=O) groups is 2. The van der Waals surface area contributed by atoms with Gasteiger partial charge in [-0.2, -0.15) is 0 Å². The highest BCUT2D eigenvalue weighted by atomic mass is 35.5. The summed E-state index contributed by atoms with van der Waals surface area (Å²) in [4.78, 5) is 25.0. The largest absolute Gasteiger partial charge is 0.368 e. The van der Waals surface area contributed by atoms with Crippen LogP contribution in [0.2, 0.25) is 0 Å². The SMILES string of the molecule is COC1(C(=O)Nc2ccc(C)c(C(=O)NC(C)C)c2)CCNCC1.Cl. The zero-order valence-corrected chi connectivity index (χ0v) is 16.1. The Morgan fingerprint density at radius 2 is 1.88 bits per heavy atom. The van der Waals surface area contributed by atoms with Gasteiger partial charge in [-0.1, -0.05) is 6.07 Å². The minimum absolute atomic E-state index is 0. The minimum atomic E-state index is -0.809. The Hall–Kier alpha value is -1.63. The van der Waals surface area contributed by atoms with Crippen molar-refractivity contribution in [2.45, 2.75) is 45.3 Å². The molecule has 140 valence electrons. The molecule has 25 heavy (non-hydrogen) atoms. The number of benzene rings is 1. The number of amides is 2. The Morgan fingerprint density at radius 3 is 2.44 bits per heavy atom. The lowest BCUT2D eigenvalue weighted by Crippen LogP contribution is -2.51. The number of ether oxygens (including phenoxy) is 1. The Morgan fingerprint density at radius 1 is 1.24 bits per heavy atom. The van der Waals surface area contributed by atoms with E-state index in [2.05, 4.69) is 16.0 Å². The van der Waals surface area contributed by atoms with Crippen molar-refractivity contribution >= 4 is 29.9 Å². The number of carbonyl (C=O) groups excluding carboxylic acids is 2. The average molecular weight is 370 g/mol. The van der Waals surface area contributed by atoms with E-state index in [1.165, 1.54) is 0 Å². The zero-order chi connectivity index (χ0) is 17.7. The summed E-state index contributed by atoms with van der Waals surface area (Å²) >= 11 is 0. The first-order valence-electron chi connectivity index (χ1n) is 8.37. The Bertz CT molecular complexity index is 614. The predicted octanol–water partition coefficient (Wildman–Crippen LogP) is 2.26. The van der Waals surface area contributed by atoms with Gasteiger partial charge in [-0.3, -0.25) is 9.59 Å². The fourth-order valence-electron chi connectivity index (χ4n) is 2.88. The lowest BCUT2D eigenvalue weighted by Gasteiger charge is -2.34. The quantitative estimate of drug-likeness (QED) is 0.743. The summed E-state index contributed by atoms with van der Waals surface area (Å²) in [5, 5.41) is 9.01. The van der Waals surface area contributed by atoms with Crippen molar-refractivity contribution < 1.29 is 14.3 Å². The maximum absolute atomic E-state index is 12.7. The van der Waals surface area contributed by atoms with Crippen LogP contribution in [-0.4, -0.2) is 43.7 Å². The van der Waals surface area contributed by atoms with Crippen LogP contribution in [0.1, 0.15) is 42.6 Å². The van der Waals surface area contributed by atoms with Gasteiger partial charge in [-0.25, -0.2) is 0 Å². The normalized spacial score (nSPS) is 16.0. The molecule has 0 radical (unpaired) electrons. The summed E-state index contributed by atoms with van der Waals surface area (Å²) in [6, 6.07) is 5.42. The van der Waals surface area contributed by atoms with Gasteiger partial charge in [-0.05, 0) is 64.4 Å². The van der Waals surface area contributed by atoms with E-state index < -0.39 is 5.60 Å². The fourth-order valence-corrected chi connectivity index (χ4v) is 2.88. The fraction of sp³-hybridized carbons (Fsp3) is 0.556. The van der Waals surface area contributed by atoms with Crippen molar-refractivity contribution in [3.8, 4) is 0 Å². The van der Waals surface area contributed by atoms with Crippen molar-refractivity contribution in [3.63, 3.8) is 0 Å². The third-order valence-corrected chi connectivity index (χ3v) is 4.38. The molecule has 2 amide bonds. The van der Waals surface area contributed by atoms with Crippen LogP contribution in [0.5, 0.6) is 0 Å². The molecule has 1 saturated heterocycles. The van der Waals surface area contributed by atoms with Crippen molar-refractivity contribution in [2.75, 3.05) is 25.5 Å². The number of methoxy groups -OCH3 is 1. The molecule has 1 heterocycles. The van der Waals surface area contributed by atoms with E-state index in [1.54, 1.807) is 13.2 Å². The van der Waals surface area contributed by atoms with Gasteiger partial charge in [0.25, 0.3) is 11.8 Å². The van der Waals surface area contributed by atoms with Crippen LogP contribution < -0.4 is 16.0 Å². The molecule has 1 aliphatic rings. The molecule has 2 rings (SSSR count). The topological polar surface area (TPSA) is 79.5 Å². The summed E-state index contributed by atoms with van der Waals surface area (Å²) in [5.41, 5.74) is 1.23. The number of hydrogen-bond acceptors (Lipinski definition) is 4. The molecular formula is C18H28ClN3O3. The van der Waals surface area contributed by atoms with Crippen molar-refractivity contribution in [1.29, 1.82) is 0 Å². The second kappa shape index (κ2) is 9.17. The molecule has 6 nitrogen and oxygen atoms in total. The highest BCUT2D eigenvalue weighted by molar-refractivity contribution is 6.00. The van der Waals surface area contributed by atoms with Crippen LogP contribution >= 0.6 is 12.4 Å². The summed E-state index contributed by atoms with van der Waals surface area (Å²) in [6.45, 7) is 7.20. The van der Waals surface area contributed by atoms with Gasteiger partial charge in [0.1, 0.15) is 5.60 Å². The zero-order valence-electron chi connectivity index (χ0n) is 15.3. The van der Waals surface area contributed by atoms with E-state index in [9.17, 15) is 9.59 Å². The molecule has 0 aliphatic carbocycles. The summed E-state index contributed by atoms with van der Waals surface area (Å²) in [5.74, 6) is -0.299. The molecule has 0 unspecified atom stereocenters. The number of hydrogen-bond donors (Lipinski definition) is 3. The molecule has 1 fully saturated rings. The lowest BCUT2D eigenvalue weighted by molar-refractivity contribution is -0.140. The highest BCUT2D eigenvalue weighted by Crippen LogP contribution is 2.25. The molecule has 0 spiro atoms. The van der Waals surface area contributed by atoms with Gasteiger partial charge in [0.05, 0.1) is 0 Å². The maximum Gasteiger partial charge on any atom is 0.256 e. The second-order valence-corrected chi connectivity index (χ2v) is 6.56. The van der Waals surface area contributed by atoms with E-state index in [4.69, 9.17) is 4.74 Å². The van der Waals surface area contributed by atoms with Gasteiger partial charge in [-0.15, -0.1) is 12.4 Å². The van der Waals surface area contributed by atoms with E-state index in [0.29, 0.717) is 24.1 Å². The Kier molecular flexibility index (Phi) is 7.86. The van der Waals surface area contributed by atoms with Gasteiger partial charge in [0, 0.05) is 24.4 Å². The van der Waals surface area contributed by atoms with Crippen LogP contribution in [0, 0.1) is 6.92 Å². The number of rotatable bonds is 5. The average Bonchev–Trinajstić information content (AvgIpc) is 2.56. The summed E-state index contributed by atoms with van der Waals surface area (Å²) < 4.78 is 5.54. The van der Waals surface area contributed by atoms with Gasteiger partial charge < -0.3 is 20.7 Å². The third kappa shape index (κ3) is 5.17. The molecule has 0 aromatic heterocycles. The first kappa shape index (κ1) is 21.4. The van der Waals surface area contributed by atoms with Crippen LogP contribution in [0.15, 0.2) is 18.2 Å². The number of halogens is 1. The van der Waals surface area contributed by atoms with Crippen LogP contribution in [0.4, 0.5) is 5.69 Å². The lowest BCUT2D eigenvalue weighted by atomic mass is 9.91. The monoisotopic (exact) mass is 369 g/mol. The molecule has 1 aliphatic heterocycles. The molecular weight excluding hydrogens is 342 g/mol. The Balaban J connectivity index is 0.00000312. The van der Waals surface area contributed by atoms with Gasteiger partial charge in [0.2, 0.25) is 0 Å². The summed E-state index contributed by atoms with van der Waals surface area (Å²) in [6.07, 6.45) is 1.25. The van der Waals surface area contributed by atoms with E-state index in [1.807, 2.05) is 32.9 Å². The number of aryl methyl sites for hydroxylation is 1. The molecule has 7 heteroatoms.